The second kappa shape index (κ2) is 13.2. The number of hydrogen-bond donors (Lipinski definition) is 3. The summed E-state index contributed by atoms with van der Waals surface area (Å²) in [6, 6.07) is 10.6. The van der Waals surface area contributed by atoms with E-state index in [1.807, 2.05) is 32.0 Å². The lowest BCUT2D eigenvalue weighted by Gasteiger charge is -2.34. The van der Waals surface area contributed by atoms with Gasteiger partial charge >= 0.3 is 6.09 Å². The summed E-state index contributed by atoms with van der Waals surface area (Å²) < 4.78 is 10.5. The quantitative estimate of drug-likeness (QED) is 0.304. The van der Waals surface area contributed by atoms with Crippen LogP contribution in [0.25, 0.3) is 0 Å². The van der Waals surface area contributed by atoms with Gasteiger partial charge in [-0.2, -0.15) is 12.6 Å². The summed E-state index contributed by atoms with van der Waals surface area (Å²) in [5.74, 6) is -0.246. The zero-order valence-corrected chi connectivity index (χ0v) is 23.2. The number of rotatable bonds is 10. The number of hydrogen-bond acceptors (Lipinski definition) is 6. The average Bonchev–Trinajstić information content (AvgIpc) is 2.83. The number of aryl methyl sites for hydroxylation is 2. The summed E-state index contributed by atoms with van der Waals surface area (Å²) in [7, 11) is 1.56. The first-order valence-corrected chi connectivity index (χ1v) is 12.6. The molecule has 2 aromatic carbocycles. The molecule has 0 bridgehead atoms. The van der Waals surface area contributed by atoms with Gasteiger partial charge in [0.2, 0.25) is 5.91 Å². The molecule has 0 aliphatic rings. The van der Waals surface area contributed by atoms with E-state index >= 15 is 0 Å². The molecule has 37 heavy (non-hydrogen) atoms. The molecule has 0 aromatic heterocycles. The smallest absolute Gasteiger partial charge is 0.408 e. The van der Waals surface area contributed by atoms with Gasteiger partial charge in [-0.3, -0.25) is 9.59 Å². The third-order valence-corrected chi connectivity index (χ3v) is 5.79. The summed E-state index contributed by atoms with van der Waals surface area (Å²) in [5.41, 5.74) is 2.24. The highest BCUT2D eigenvalue weighted by molar-refractivity contribution is 7.80. The molecule has 2 unspecified atom stereocenters. The Kier molecular flexibility index (Phi) is 10.6. The van der Waals surface area contributed by atoms with Crippen molar-refractivity contribution in [1.29, 1.82) is 0 Å². The molecule has 0 radical (unpaired) electrons. The Morgan fingerprint density at radius 1 is 1.11 bits per heavy atom. The van der Waals surface area contributed by atoms with E-state index in [-0.39, 0.29) is 12.3 Å². The SMILES string of the molecule is C=CCN(C(=O)C(CS)NC(=O)OC(C)(C)C)C(C(=O)Nc1ccc(OC)cc1)c1cc(C)ccc1C. The monoisotopic (exact) mass is 527 g/mol. The van der Waals surface area contributed by atoms with E-state index in [4.69, 9.17) is 9.47 Å². The first-order chi connectivity index (χ1) is 17.4. The van der Waals surface area contributed by atoms with Crippen molar-refractivity contribution in [3.05, 3.63) is 71.8 Å². The number of anilines is 1. The largest absolute Gasteiger partial charge is 0.497 e. The Hall–Kier alpha value is -3.46. The van der Waals surface area contributed by atoms with Crippen LogP contribution in [0.5, 0.6) is 5.75 Å². The van der Waals surface area contributed by atoms with Crippen molar-refractivity contribution < 1.29 is 23.9 Å². The number of methoxy groups -OCH3 is 1. The lowest BCUT2D eigenvalue weighted by molar-refractivity contribution is -0.139. The van der Waals surface area contributed by atoms with Crippen LogP contribution in [-0.4, -0.2) is 53.9 Å². The summed E-state index contributed by atoms with van der Waals surface area (Å²) in [5, 5.41) is 5.49. The highest BCUT2D eigenvalue weighted by atomic mass is 32.1. The van der Waals surface area contributed by atoms with Gasteiger partial charge in [-0.15, -0.1) is 6.58 Å². The Morgan fingerprint density at radius 2 is 1.76 bits per heavy atom. The Bertz CT molecular complexity index is 1110. The van der Waals surface area contributed by atoms with Crippen LogP contribution >= 0.6 is 12.6 Å². The van der Waals surface area contributed by atoms with E-state index < -0.39 is 35.6 Å². The molecular formula is C28H37N3O5S. The molecule has 0 spiro atoms. The van der Waals surface area contributed by atoms with Gasteiger partial charge in [0.05, 0.1) is 7.11 Å². The number of ether oxygens (including phenoxy) is 2. The van der Waals surface area contributed by atoms with Crippen LogP contribution in [0.15, 0.2) is 55.1 Å². The molecule has 3 amide bonds. The van der Waals surface area contributed by atoms with Gasteiger partial charge in [0.1, 0.15) is 23.4 Å². The fourth-order valence-corrected chi connectivity index (χ4v) is 3.93. The zero-order chi connectivity index (χ0) is 27.8. The average molecular weight is 528 g/mol. The number of benzene rings is 2. The standard InChI is InChI=1S/C28H37N3O5S/c1-8-15-31(26(33)23(17-37)30-27(34)36-28(4,5)6)24(22-16-18(2)9-10-19(22)3)25(32)29-20-11-13-21(35-7)14-12-20/h8-14,16,23-24,37H,1,15,17H2,2-7H3,(H,29,32)(H,30,34). The number of nitrogens with one attached hydrogen (secondary N) is 2. The summed E-state index contributed by atoms with van der Waals surface area (Å²) in [6.45, 7) is 12.8. The van der Waals surface area contributed by atoms with E-state index in [1.54, 1.807) is 58.2 Å². The molecule has 0 aliphatic heterocycles. The lowest BCUT2D eigenvalue weighted by Crippen LogP contribution is -2.53. The minimum atomic E-state index is -1.03. The van der Waals surface area contributed by atoms with Gasteiger partial charge in [0, 0.05) is 18.0 Å². The predicted octanol–water partition coefficient (Wildman–Crippen LogP) is 4.83. The number of carbonyl (C=O) groups excluding carboxylic acids is 3. The molecule has 0 fully saturated rings. The zero-order valence-electron chi connectivity index (χ0n) is 22.3. The van der Waals surface area contributed by atoms with Crippen LogP contribution in [0.1, 0.15) is 43.5 Å². The molecular weight excluding hydrogens is 490 g/mol. The van der Waals surface area contributed by atoms with Crippen molar-refractivity contribution >= 4 is 36.2 Å². The van der Waals surface area contributed by atoms with Crippen LogP contribution < -0.4 is 15.4 Å². The summed E-state index contributed by atoms with van der Waals surface area (Å²) in [4.78, 5) is 41.4. The summed E-state index contributed by atoms with van der Waals surface area (Å²) in [6.07, 6.45) is 0.796. The van der Waals surface area contributed by atoms with E-state index in [0.717, 1.165) is 11.1 Å². The molecule has 2 aromatic rings. The third-order valence-electron chi connectivity index (χ3n) is 5.43. The molecule has 0 saturated carbocycles. The Balaban J connectivity index is 2.49. The minimum Gasteiger partial charge on any atom is -0.497 e. The fourth-order valence-electron chi connectivity index (χ4n) is 3.69. The number of amides is 3. The highest BCUT2D eigenvalue weighted by Gasteiger charge is 2.36. The molecule has 8 nitrogen and oxygen atoms in total. The number of nitrogens with zero attached hydrogens (tertiary/aromatic N) is 1. The van der Waals surface area contributed by atoms with Crippen LogP contribution in [0.2, 0.25) is 0 Å². The predicted molar refractivity (Wildman–Crippen MR) is 149 cm³/mol. The van der Waals surface area contributed by atoms with Gasteiger partial charge in [-0.1, -0.05) is 29.8 Å². The van der Waals surface area contributed by atoms with Crippen molar-refractivity contribution in [1.82, 2.24) is 10.2 Å². The molecule has 0 saturated heterocycles. The van der Waals surface area contributed by atoms with Gasteiger partial charge in [-0.05, 0) is 70.0 Å². The van der Waals surface area contributed by atoms with Gasteiger partial charge in [0.25, 0.3) is 5.91 Å². The maximum atomic E-state index is 13.8. The second-order valence-corrected chi connectivity index (χ2v) is 10.0. The highest BCUT2D eigenvalue weighted by Crippen LogP contribution is 2.28. The number of alkyl carbamates (subject to hydrolysis) is 1. The van der Waals surface area contributed by atoms with Crippen molar-refractivity contribution in [2.75, 3.05) is 24.7 Å². The van der Waals surface area contributed by atoms with E-state index in [0.29, 0.717) is 17.0 Å². The third kappa shape index (κ3) is 8.56. The second-order valence-electron chi connectivity index (χ2n) is 9.64. The molecule has 9 heteroatoms. The fraction of sp³-hybridized carbons (Fsp3) is 0.393. The van der Waals surface area contributed by atoms with Crippen LogP contribution in [0.4, 0.5) is 10.5 Å². The number of carbonyl (C=O) groups is 3. The van der Waals surface area contributed by atoms with Crippen molar-refractivity contribution in [3.8, 4) is 5.75 Å². The van der Waals surface area contributed by atoms with Gasteiger partial charge < -0.3 is 25.0 Å². The molecule has 2 N–H and O–H groups in total. The first kappa shape index (κ1) is 29.8. The topological polar surface area (TPSA) is 97.0 Å². The summed E-state index contributed by atoms with van der Waals surface area (Å²) >= 11 is 4.29. The van der Waals surface area contributed by atoms with Gasteiger partial charge in [-0.25, -0.2) is 4.79 Å². The van der Waals surface area contributed by atoms with Crippen LogP contribution in [0, 0.1) is 13.8 Å². The van der Waals surface area contributed by atoms with Crippen molar-refractivity contribution in [3.63, 3.8) is 0 Å². The molecule has 200 valence electrons. The molecule has 2 atom stereocenters. The number of thiol groups is 1. The van der Waals surface area contributed by atoms with Crippen molar-refractivity contribution in [2.45, 2.75) is 52.3 Å². The van der Waals surface area contributed by atoms with E-state index in [1.165, 1.54) is 4.90 Å². The van der Waals surface area contributed by atoms with E-state index in [2.05, 4.69) is 29.8 Å². The Labute approximate surface area is 224 Å². The molecule has 0 aliphatic carbocycles. The normalized spacial score (nSPS) is 12.6. The first-order valence-electron chi connectivity index (χ1n) is 11.9. The molecule has 0 heterocycles. The lowest BCUT2D eigenvalue weighted by atomic mass is 9.96. The van der Waals surface area contributed by atoms with Crippen LogP contribution in [-0.2, 0) is 14.3 Å². The van der Waals surface area contributed by atoms with Crippen LogP contribution in [0.3, 0.4) is 0 Å². The maximum absolute atomic E-state index is 13.8. The van der Waals surface area contributed by atoms with Gasteiger partial charge in [0.15, 0.2) is 0 Å². The maximum Gasteiger partial charge on any atom is 0.408 e. The Morgan fingerprint density at radius 3 is 2.30 bits per heavy atom. The van der Waals surface area contributed by atoms with E-state index in [9.17, 15) is 14.4 Å². The molecule has 2 rings (SSSR count). The minimum absolute atomic E-state index is 0.00530. The van der Waals surface area contributed by atoms with Crippen molar-refractivity contribution in [2.24, 2.45) is 0 Å².